The van der Waals surface area contributed by atoms with Crippen molar-refractivity contribution in [2.24, 2.45) is 5.73 Å². The van der Waals surface area contributed by atoms with E-state index in [9.17, 15) is 8.42 Å². The molecule has 0 unspecified atom stereocenters. The van der Waals surface area contributed by atoms with Gasteiger partial charge in [0.15, 0.2) is 0 Å². The van der Waals surface area contributed by atoms with Crippen LogP contribution >= 0.6 is 27.3 Å². The van der Waals surface area contributed by atoms with Gasteiger partial charge < -0.3 is 5.73 Å². The van der Waals surface area contributed by atoms with Crippen LogP contribution in [0.5, 0.6) is 0 Å². The number of nitrogens with zero attached hydrogens (tertiary/aromatic N) is 2. The lowest BCUT2D eigenvalue weighted by Gasteiger charge is -2.16. The number of hydrogen-bond donors (Lipinski definition) is 1. The maximum absolute atomic E-state index is 12.6. The van der Waals surface area contributed by atoms with Crippen molar-refractivity contribution in [3.63, 3.8) is 0 Å². The van der Waals surface area contributed by atoms with E-state index in [1.807, 2.05) is 25.1 Å². The molecule has 114 valence electrons. The summed E-state index contributed by atoms with van der Waals surface area (Å²) in [5, 5.41) is 0. The normalized spacial score (nSPS) is 12.0. The zero-order valence-corrected chi connectivity index (χ0v) is 14.9. The molecule has 0 aromatic carbocycles. The zero-order valence-electron chi connectivity index (χ0n) is 11.7. The fourth-order valence-electron chi connectivity index (χ4n) is 1.84. The lowest BCUT2D eigenvalue weighted by Crippen LogP contribution is -2.27. The van der Waals surface area contributed by atoms with E-state index in [1.165, 1.54) is 15.6 Å². The van der Waals surface area contributed by atoms with Gasteiger partial charge in [0.2, 0.25) is 10.0 Å². The second kappa shape index (κ2) is 6.53. The van der Waals surface area contributed by atoms with Crippen LogP contribution in [0.15, 0.2) is 32.9 Å². The topological polar surface area (TPSA) is 76.3 Å². The third-order valence-corrected chi connectivity index (χ3v) is 7.00. The lowest BCUT2D eigenvalue weighted by molar-refractivity contribution is 0.461. The summed E-state index contributed by atoms with van der Waals surface area (Å²) in [4.78, 5) is 5.40. The van der Waals surface area contributed by atoms with Crippen molar-refractivity contribution in [1.82, 2.24) is 9.29 Å². The molecule has 0 saturated heterocycles. The number of nitrogens with two attached hydrogens (primary N) is 1. The van der Waals surface area contributed by atoms with Gasteiger partial charge in [-0.3, -0.25) is 4.98 Å². The van der Waals surface area contributed by atoms with Crippen LogP contribution < -0.4 is 5.73 Å². The number of thiophene rings is 1. The second-order valence-electron chi connectivity index (χ2n) is 4.59. The van der Waals surface area contributed by atoms with E-state index in [0.29, 0.717) is 16.0 Å². The molecule has 2 N–H and O–H groups in total. The maximum atomic E-state index is 12.6. The molecule has 2 aromatic rings. The van der Waals surface area contributed by atoms with E-state index in [-0.39, 0.29) is 11.4 Å². The van der Waals surface area contributed by atoms with Gasteiger partial charge in [0.25, 0.3) is 0 Å². The summed E-state index contributed by atoms with van der Waals surface area (Å²) in [7, 11) is -2.02. The summed E-state index contributed by atoms with van der Waals surface area (Å²) in [6.07, 6.45) is 0. The predicted octanol–water partition coefficient (Wildman–Crippen LogP) is 2.49. The van der Waals surface area contributed by atoms with E-state index >= 15 is 0 Å². The smallest absolute Gasteiger partial charge is 0.245 e. The Bertz CT molecular complexity index is 744. The fourth-order valence-corrected chi connectivity index (χ4v) is 5.49. The Balaban J connectivity index is 2.28. The van der Waals surface area contributed by atoms with Crippen molar-refractivity contribution in [3.05, 3.63) is 44.3 Å². The fraction of sp³-hybridized carbons (Fsp3) is 0.308. The highest BCUT2D eigenvalue weighted by atomic mass is 79.9. The van der Waals surface area contributed by atoms with Crippen molar-refractivity contribution in [3.8, 4) is 0 Å². The molecular weight excluding hydrogens is 374 g/mol. The first-order valence-corrected chi connectivity index (χ1v) is 9.26. The highest BCUT2D eigenvalue weighted by Gasteiger charge is 2.26. The highest BCUT2D eigenvalue weighted by molar-refractivity contribution is 9.11. The van der Waals surface area contributed by atoms with Crippen LogP contribution in [0, 0.1) is 6.92 Å². The van der Waals surface area contributed by atoms with Crippen LogP contribution in [0.1, 0.15) is 16.3 Å². The monoisotopic (exact) mass is 389 g/mol. The zero-order chi connectivity index (χ0) is 15.6. The molecule has 0 amide bonds. The maximum Gasteiger partial charge on any atom is 0.245 e. The van der Waals surface area contributed by atoms with Gasteiger partial charge in [-0.05, 0) is 41.1 Å². The van der Waals surface area contributed by atoms with E-state index < -0.39 is 10.0 Å². The Kier molecular flexibility index (Phi) is 5.15. The summed E-state index contributed by atoms with van der Waals surface area (Å²) in [6.45, 7) is 2.42. The van der Waals surface area contributed by atoms with Crippen LogP contribution in [0.25, 0.3) is 0 Å². The molecule has 0 spiro atoms. The Morgan fingerprint density at radius 1 is 1.43 bits per heavy atom. The summed E-state index contributed by atoms with van der Waals surface area (Å²) in [6, 6.07) is 7.17. The quantitative estimate of drug-likeness (QED) is 0.851. The van der Waals surface area contributed by atoms with Crippen molar-refractivity contribution in [2.75, 3.05) is 7.05 Å². The number of halogens is 1. The minimum absolute atomic E-state index is 0.226. The van der Waals surface area contributed by atoms with Gasteiger partial charge >= 0.3 is 0 Å². The molecule has 0 fully saturated rings. The van der Waals surface area contributed by atoms with Gasteiger partial charge in [0.05, 0.1) is 16.0 Å². The van der Waals surface area contributed by atoms with Crippen LogP contribution in [-0.4, -0.2) is 24.8 Å². The Hall–Kier alpha value is -0.800. The largest absolute Gasteiger partial charge is 0.326 e. The summed E-state index contributed by atoms with van der Waals surface area (Å²) >= 11 is 4.64. The first kappa shape index (κ1) is 16.6. The highest BCUT2D eigenvalue weighted by Crippen LogP contribution is 2.33. The van der Waals surface area contributed by atoms with Crippen LogP contribution in [0.2, 0.25) is 0 Å². The molecule has 0 aliphatic heterocycles. The molecule has 0 saturated carbocycles. The van der Waals surface area contributed by atoms with Crippen LogP contribution in [0.4, 0.5) is 0 Å². The first-order chi connectivity index (χ1) is 9.84. The van der Waals surface area contributed by atoms with E-state index in [1.54, 1.807) is 13.1 Å². The van der Waals surface area contributed by atoms with E-state index in [2.05, 4.69) is 20.9 Å². The van der Waals surface area contributed by atoms with Crippen molar-refractivity contribution < 1.29 is 8.42 Å². The van der Waals surface area contributed by atoms with Gasteiger partial charge in [0.1, 0.15) is 4.90 Å². The molecule has 0 aliphatic carbocycles. The molecule has 2 rings (SSSR count). The number of pyridine rings is 1. The average Bonchev–Trinajstić information content (AvgIpc) is 2.80. The summed E-state index contributed by atoms with van der Waals surface area (Å²) < 4.78 is 27.1. The molecular formula is C13H16BrN3O2S2. The minimum Gasteiger partial charge on any atom is -0.326 e. The first-order valence-electron chi connectivity index (χ1n) is 6.21. The standard InChI is InChI=1S/C13H16BrN3O2S2/c1-9-4-3-5-10(16-9)8-17(2)21(18,19)12-6-11(7-15)20-13(12)14/h3-6H,7-8,15H2,1-2H3. The van der Waals surface area contributed by atoms with Gasteiger partial charge in [-0.25, -0.2) is 8.42 Å². The van der Waals surface area contributed by atoms with Gasteiger partial charge in [-0.1, -0.05) is 6.07 Å². The number of rotatable bonds is 5. The third kappa shape index (κ3) is 3.70. The molecule has 0 atom stereocenters. The number of aryl methyl sites for hydroxylation is 1. The number of hydrogen-bond acceptors (Lipinski definition) is 5. The molecule has 8 heteroatoms. The van der Waals surface area contributed by atoms with Gasteiger partial charge in [0, 0.05) is 24.2 Å². The molecule has 0 radical (unpaired) electrons. The lowest BCUT2D eigenvalue weighted by atomic mass is 10.3. The summed E-state index contributed by atoms with van der Waals surface area (Å²) in [5.41, 5.74) is 7.14. The Morgan fingerprint density at radius 2 is 2.14 bits per heavy atom. The van der Waals surface area contributed by atoms with Crippen molar-refractivity contribution in [1.29, 1.82) is 0 Å². The van der Waals surface area contributed by atoms with E-state index in [4.69, 9.17) is 5.73 Å². The van der Waals surface area contributed by atoms with Crippen LogP contribution in [-0.2, 0) is 23.1 Å². The molecule has 0 aliphatic rings. The molecule has 5 nitrogen and oxygen atoms in total. The number of aromatic nitrogens is 1. The van der Waals surface area contributed by atoms with Crippen molar-refractivity contribution in [2.45, 2.75) is 24.9 Å². The predicted molar refractivity (Wildman–Crippen MR) is 87.5 cm³/mol. The molecule has 2 aromatic heterocycles. The average molecular weight is 390 g/mol. The number of sulfonamides is 1. The molecule has 2 heterocycles. The third-order valence-electron chi connectivity index (χ3n) is 2.93. The summed E-state index contributed by atoms with van der Waals surface area (Å²) in [5.74, 6) is 0. The van der Waals surface area contributed by atoms with Crippen molar-refractivity contribution >= 4 is 37.3 Å². The van der Waals surface area contributed by atoms with Gasteiger partial charge in [-0.2, -0.15) is 4.31 Å². The molecule has 21 heavy (non-hydrogen) atoms. The minimum atomic E-state index is -3.57. The van der Waals surface area contributed by atoms with Crippen LogP contribution in [0.3, 0.4) is 0 Å². The Morgan fingerprint density at radius 3 is 2.71 bits per heavy atom. The SMILES string of the molecule is Cc1cccc(CN(C)S(=O)(=O)c2cc(CN)sc2Br)n1. The Labute approximate surface area is 137 Å². The second-order valence-corrected chi connectivity index (χ2v) is 9.05. The van der Waals surface area contributed by atoms with Gasteiger partial charge in [-0.15, -0.1) is 11.3 Å². The molecule has 0 bridgehead atoms. The van der Waals surface area contributed by atoms with E-state index in [0.717, 1.165) is 10.6 Å².